The van der Waals surface area contributed by atoms with Gasteiger partial charge in [-0.2, -0.15) is 5.10 Å². The van der Waals surface area contributed by atoms with E-state index >= 15 is 0 Å². The lowest BCUT2D eigenvalue weighted by atomic mass is 9.92. The smallest absolute Gasteiger partial charge is 0.211 e. The van der Waals surface area contributed by atoms with E-state index in [4.69, 9.17) is 9.84 Å². The largest absolute Gasteiger partial charge is 0.466 e. The van der Waals surface area contributed by atoms with E-state index in [0.717, 1.165) is 27.9 Å². The van der Waals surface area contributed by atoms with Crippen LogP contribution in [0.3, 0.4) is 0 Å². The zero-order chi connectivity index (χ0) is 19.5. The van der Waals surface area contributed by atoms with Crippen molar-refractivity contribution in [2.75, 3.05) is 19.3 Å². The second-order valence-corrected chi connectivity index (χ2v) is 11.3. The van der Waals surface area contributed by atoms with Gasteiger partial charge in [-0.15, -0.1) is 11.3 Å². The molecule has 0 N–H and O–H groups in total. The fraction of sp³-hybridized carbons (Fsp3) is 0.421. The summed E-state index contributed by atoms with van der Waals surface area (Å²) in [5.41, 5.74) is 1.59. The number of nitrogens with zero attached hydrogens (tertiary/aromatic N) is 3. The maximum absolute atomic E-state index is 12.0. The number of hydrogen-bond acceptors (Lipinski definition) is 6. The topological polar surface area (TPSA) is 62.2 Å². The summed E-state index contributed by atoms with van der Waals surface area (Å²) in [5.74, 6) is 0.875. The molecule has 1 aromatic heterocycles. The average Bonchev–Trinajstić information content (AvgIpc) is 3.32. The van der Waals surface area contributed by atoms with Gasteiger partial charge in [0.25, 0.3) is 0 Å². The van der Waals surface area contributed by atoms with Gasteiger partial charge in [0.15, 0.2) is 0 Å². The van der Waals surface area contributed by atoms with Crippen LogP contribution in [0.15, 0.2) is 45.3 Å². The molecule has 2 aromatic rings. The van der Waals surface area contributed by atoms with Crippen molar-refractivity contribution < 1.29 is 13.2 Å². The molecule has 1 fully saturated rings. The molecule has 0 aliphatic carbocycles. The minimum absolute atomic E-state index is 0.100. The molecule has 4 heterocycles. The minimum Gasteiger partial charge on any atom is -0.466 e. The fourth-order valence-corrected chi connectivity index (χ4v) is 6.29. The summed E-state index contributed by atoms with van der Waals surface area (Å²) in [6.07, 6.45) is 3.27. The van der Waals surface area contributed by atoms with E-state index in [-0.39, 0.29) is 6.04 Å². The summed E-state index contributed by atoms with van der Waals surface area (Å²) in [6.45, 7) is 0.884. The number of thiophene rings is 1. The standard InChI is InChI=1S/C19H20BrN3O3S2/c1-28(24,25)22-8-6-19(7-9-22)23-16(12-15(21-23)18-3-2-10-27-18)14-11-13(20)4-5-17(14)26-19/h2-5,10-11,16H,6-9,12H2,1H3/t16-/m0/s1. The first-order chi connectivity index (χ1) is 13.4. The van der Waals surface area contributed by atoms with Gasteiger partial charge < -0.3 is 4.74 Å². The van der Waals surface area contributed by atoms with Gasteiger partial charge in [0.1, 0.15) is 5.75 Å². The van der Waals surface area contributed by atoms with Gasteiger partial charge in [-0.05, 0) is 29.6 Å². The summed E-state index contributed by atoms with van der Waals surface area (Å²) in [6, 6.07) is 10.3. The van der Waals surface area contributed by atoms with Crippen LogP contribution in [0, 0.1) is 0 Å². The van der Waals surface area contributed by atoms with E-state index in [9.17, 15) is 8.42 Å². The molecule has 3 aliphatic heterocycles. The molecule has 1 atom stereocenters. The van der Waals surface area contributed by atoms with Crippen molar-refractivity contribution in [2.45, 2.75) is 31.0 Å². The molecule has 28 heavy (non-hydrogen) atoms. The third-order valence-electron chi connectivity index (χ3n) is 5.74. The lowest BCUT2D eigenvalue weighted by Crippen LogP contribution is -2.59. The summed E-state index contributed by atoms with van der Waals surface area (Å²) in [7, 11) is -3.20. The zero-order valence-electron chi connectivity index (χ0n) is 15.3. The van der Waals surface area contributed by atoms with Crippen molar-refractivity contribution >= 4 is 43.0 Å². The Labute approximate surface area is 177 Å². The van der Waals surface area contributed by atoms with Crippen molar-refractivity contribution in [1.82, 2.24) is 9.31 Å². The molecule has 0 unspecified atom stereocenters. The quantitative estimate of drug-likeness (QED) is 0.654. The van der Waals surface area contributed by atoms with Crippen LogP contribution in [-0.2, 0) is 10.0 Å². The molecule has 148 valence electrons. The molecule has 0 bridgehead atoms. The third kappa shape index (κ3) is 2.99. The van der Waals surface area contributed by atoms with Crippen LogP contribution in [0.4, 0.5) is 0 Å². The number of ether oxygens (including phenoxy) is 1. The van der Waals surface area contributed by atoms with Gasteiger partial charge in [0.2, 0.25) is 15.7 Å². The maximum Gasteiger partial charge on any atom is 0.211 e. The summed E-state index contributed by atoms with van der Waals surface area (Å²) >= 11 is 5.27. The highest BCUT2D eigenvalue weighted by Gasteiger charge is 2.52. The predicted octanol–water partition coefficient (Wildman–Crippen LogP) is 3.81. The summed E-state index contributed by atoms with van der Waals surface area (Å²) in [5, 5.41) is 9.17. The number of fused-ring (bicyclic) bond motifs is 4. The summed E-state index contributed by atoms with van der Waals surface area (Å²) < 4.78 is 33.0. The number of benzene rings is 1. The van der Waals surface area contributed by atoms with Gasteiger partial charge >= 0.3 is 0 Å². The monoisotopic (exact) mass is 481 g/mol. The normalized spacial score (nSPS) is 23.9. The average molecular weight is 482 g/mol. The summed E-state index contributed by atoms with van der Waals surface area (Å²) in [4.78, 5) is 1.18. The van der Waals surface area contributed by atoms with Crippen LogP contribution in [0.1, 0.15) is 35.7 Å². The van der Waals surface area contributed by atoms with Crippen LogP contribution < -0.4 is 4.74 Å². The van der Waals surface area contributed by atoms with Crippen molar-refractivity contribution in [1.29, 1.82) is 0 Å². The molecular weight excluding hydrogens is 462 g/mol. The third-order valence-corrected chi connectivity index (χ3v) is 8.45. The number of sulfonamides is 1. The Bertz CT molecular complexity index is 1040. The number of hydrazone groups is 1. The molecule has 0 amide bonds. The Kier molecular flexibility index (Phi) is 4.35. The molecule has 1 aromatic carbocycles. The number of rotatable bonds is 2. The first kappa shape index (κ1) is 18.6. The first-order valence-corrected chi connectivity index (χ1v) is 12.7. The van der Waals surface area contributed by atoms with Crippen molar-refractivity contribution in [3.05, 3.63) is 50.6 Å². The van der Waals surface area contributed by atoms with Gasteiger partial charge in [0.05, 0.1) is 22.9 Å². The van der Waals surface area contributed by atoms with E-state index < -0.39 is 15.7 Å². The van der Waals surface area contributed by atoms with Crippen LogP contribution in [-0.4, -0.2) is 48.5 Å². The molecule has 9 heteroatoms. The molecule has 1 spiro atoms. The number of piperidine rings is 1. The van der Waals surface area contributed by atoms with Crippen molar-refractivity contribution in [3.8, 4) is 5.75 Å². The van der Waals surface area contributed by atoms with E-state index in [1.54, 1.807) is 11.3 Å². The van der Waals surface area contributed by atoms with Crippen LogP contribution in [0.2, 0.25) is 0 Å². The van der Waals surface area contributed by atoms with Crippen LogP contribution >= 0.6 is 27.3 Å². The molecule has 1 saturated heterocycles. The number of halogens is 1. The van der Waals surface area contributed by atoms with E-state index in [0.29, 0.717) is 25.9 Å². The van der Waals surface area contributed by atoms with Crippen LogP contribution in [0.25, 0.3) is 0 Å². The van der Waals surface area contributed by atoms with Crippen LogP contribution in [0.5, 0.6) is 5.75 Å². The van der Waals surface area contributed by atoms with Crippen molar-refractivity contribution in [3.63, 3.8) is 0 Å². The highest BCUT2D eigenvalue weighted by molar-refractivity contribution is 9.10. The zero-order valence-corrected chi connectivity index (χ0v) is 18.6. The Morgan fingerprint density at radius 1 is 1.29 bits per heavy atom. The Hall–Kier alpha value is -1.42. The SMILES string of the molecule is CS(=O)(=O)N1CCC2(CC1)Oc1ccc(Br)cc1[C@@H]1CC(c3cccs3)=NN12. The van der Waals surface area contributed by atoms with Gasteiger partial charge in [-0.1, -0.05) is 22.0 Å². The van der Waals surface area contributed by atoms with Gasteiger partial charge in [-0.25, -0.2) is 17.7 Å². The predicted molar refractivity (Wildman–Crippen MR) is 113 cm³/mol. The first-order valence-electron chi connectivity index (χ1n) is 9.20. The maximum atomic E-state index is 12.0. The lowest BCUT2D eigenvalue weighted by Gasteiger charge is -2.50. The molecule has 3 aliphatic rings. The highest BCUT2D eigenvalue weighted by Crippen LogP contribution is 2.50. The van der Waals surface area contributed by atoms with E-state index in [1.807, 2.05) is 18.2 Å². The lowest BCUT2D eigenvalue weighted by molar-refractivity contribution is -0.143. The van der Waals surface area contributed by atoms with E-state index in [2.05, 4.69) is 38.5 Å². The Balaban J connectivity index is 1.55. The Morgan fingerprint density at radius 2 is 2.07 bits per heavy atom. The van der Waals surface area contributed by atoms with E-state index in [1.165, 1.54) is 15.4 Å². The van der Waals surface area contributed by atoms with Gasteiger partial charge in [0, 0.05) is 42.4 Å². The van der Waals surface area contributed by atoms with Crippen molar-refractivity contribution in [2.24, 2.45) is 5.10 Å². The second kappa shape index (κ2) is 6.55. The molecule has 0 radical (unpaired) electrons. The highest BCUT2D eigenvalue weighted by atomic mass is 79.9. The number of hydrogen-bond donors (Lipinski definition) is 0. The Morgan fingerprint density at radius 3 is 2.75 bits per heavy atom. The fourth-order valence-electron chi connectivity index (χ4n) is 4.34. The molecule has 5 rings (SSSR count). The van der Waals surface area contributed by atoms with Gasteiger partial charge in [-0.3, -0.25) is 0 Å². The second-order valence-electron chi connectivity index (χ2n) is 7.48. The minimum atomic E-state index is -3.20. The molecular formula is C19H20BrN3O3S2. The molecule has 6 nitrogen and oxygen atoms in total. The molecule has 0 saturated carbocycles.